The Kier molecular flexibility index (Phi) is 2.75. The molecule has 0 aliphatic heterocycles. The van der Waals surface area contributed by atoms with Gasteiger partial charge in [0.15, 0.2) is 0 Å². The molecule has 1 unspecified atom stereocenters. The van der Waals surface area contributed by atoms with Crippen LogP contribution in [0, 0.1) is 5.82 Å². The molecule has 4 nitrogen and oxygen atoms in total. The summed E-state index contributed by atoms with van der Waals surface area (Å²) in [7, 11) is 0. The summed E-state index contributed by atoms with van der Waals surface area (Å²) in [6, 6.07) is 6.05. The fourth-order valence-electron chi connectivity index (χ4n) is 1.33. The van der Waals surface area contributed by atoms with Crippen molar-refractivity contribution in [2.24, 2.45) is 5.84 Å². The average molecular weight is 207 g/mol. The number of nitrogens with zero attached hydrogens (tertiary/aromatic N) is 1. The number of rotatable bonds is 3. The maximum Gasteiger partial charge on any atom is 0.141 e. The molecular weight excluding hydrogens is 197 g/mol. The summed E-state index contributed by atoms with van der Waals surface area (Å²) in [5.74, 6) is 5.65. The van der Waals surface area contributed by atoms with Gasteiger partial charge in [0.05, 0.1) is 18.2 Å². The molecule has 0 bridgehead atoms. The van der Waals surface area contributed by atoms with Crippen molar-refractivity contribution in [3.63, 3.8) is 0 Å². The van der Waals surface area contributed by atoms with E-state index in [9.17, 15) is 4.39 Å². The third kappa shape index (κ3) is 2.03. The lowest BCUT2D eigenvalue weighted by molar-refractivity contribution is 0.446. The first kappa shape index (κ1) is 9.82. The molecule has 0 aliphatic carbocycles. The van der Waals surface area contributed by atoms with Gasteiger partial charge < -0.3 is 4.42 Å². The molecule has 2 aromatic rings. The molecule has 3 N–H and O–H groups in total. The molecule has 78 valence electrons. The lowest BCUT2D eigenvalue weighted by atomic mass is 10.1. The summed E-state index contributed by atoms with van der Waals surface area (Å²) in [5.41, 5.74) is 3.17. The molecule has 1 atom stereocenters. The number of pyridine rings is 1. The van der Waals surface area contributed by atoms with E-state index in [0.717, 1.165) is 6.20 Å². The van der Waals surface area contributed by atoms with E-state index in [1.165, 1.54) is 6.07 Å². The average Bonchev–Trinajstić information content (AvgIpc) is 2.75. The second-order valence-electron chi connectivity index (χ2n) is 3.02. The van der Waals surface area contributed by atoms with Crippen LogP contribution in [0.1, 0.15) is 17.5 Å². The van der Waals surface area contributed by atoms with Gasteiger partial charge in [-0.15, -0.1) is 0 Å². The third-order valence-corrected chi connectivity index (χ3v) is 2.04. The highest BCUT2D eigenvalue weighted by Crippen LogP contribution is 2.19. The normalized spacial score (nSPS) is 12.7. The monoisotopic (exact) mass is 207 g/mol. The van der Waals surface area contributed by atoms with Crippen LogP contribution in [0.2, 0.25) is 0 Å². The molecule has 2 aromatic heterocycles. The van der Waals surface area contributed by atoms with Crippen molar-refractivity contribution < 1.29 is 8.81 Å². The van der Waals surface area contributed by atoms with Crippen LogP contribution in [0.5, 0.6) is 0 Å². The number of hydrazine groups is 1. The molecule has 0 spiro atoms. The molecule has 0 saturated carbocycles. The SMILES string of the molecule is NNC(c1ccc(F)cn1)c1ccco1. The van der Waals surface area contributed by atoms with Gasteiger partial charge in [0.25, 0.3) is 0 Å². The van der Waals surface area contributed by atoms with Gasteiger partial charge >= 0.3 is 0 Å². The van der Waals surface area contributed by atoms with E-state index in [0.29, 0.717) is 11.5 Å². The standard InChI is InChI=1S/C10H10FN3O/c11-7-3-4-8(13-6-7)10(14-12)9-2-1-5-15-9/h1-6,10,14H,12H2. The molecule has 15 heavy (non-hydrogen) atoms. The van der Waals surface area contributed by atoms with Crippen LogP contribution in [0.3, 0.4) is 0 Å². The summed E-state index contributed by atoms with van der Waals surface area (Å²) >= 11 is 0. The minimum atomic E-state index is -0.381. The Balaban J connectivity index is 2.31. The molecule has 2 heterocycles. The summed E-state index contributed by atoms with van der Waals surface area (Å²) in [5, 5.41) is 0. The van der Waals surface area contributed by atoms with E-state index < -0.39 is 0 Å². The number of hydrogen-bond acceptors (Lipinski definition) is 4. The van der Waals surface area contributed by atoms with Gasteiger partial charge in [-0.05, 0) is 24.3 Å². The van der Waals surface area contributed by atoms with Gasteiger partial charge in [-0.25, -0.2) is 9.82 Å². The van der Waals surface area contributed by atoms with Gasteiger partial charge in [0.2, 0.25) is 0 Å². The van der Waals surface area contributed by atoms with Crippen molar-refractivity contribution in [3.8, 4) is 0 Å². The van der Waals surface area contributed by atoms with E-state index >= 15 is 0 Å². The van der Waals surface area contributed by atoms with Gasteiger partial charge in [-0.3, -0.25) is 10.8 Å². The smallest absolute Gasteiger partial charge is 0.141 e. The van der Waals surface area contributed by atoms with Crippen LogP contribution in [0.4, 0.5) is 4.39 Å². The quantitative estimate of drug-likeness (QED) is 0.589. The van der Waals surface area contributed by atoms with Crippen molar-refractivity contribution in [3.05, 3.63) is 54.0 Å². The van der Waals surface area contributed by atoms with Crippen LogP contribution >= 0.6 is 0 Å². The number of hydrogen-bond donors (Lipinski definition) is 2. The Bertz CT molecular complexity index is 413. The first-order chi connectivity index (χ1) is 7.31. The van der Waals surface area contributed by atoms with Crippen molar-refractivity contribution >= 4 is 0 Å². The second-order valence-corrected chi connectivity index (χ2v) is 3.02. The van der Waals surface area contributed by atoms with Crippen LogP contribution in [-0.2, 0) is 0 Å². The van der Waals surface area contributed by atoms with Crippen LogP contribution < -0.4 is 11.3 Å². The van der Waals surface area contributed by atoms with Gasteiger partial charge in [-0.1, -0.05) is 0 Å². The minimum absolute atomic E-state index is 0.361. The Morgan fingerprint density at radius 3 is 2.80 bits per heavy atom. The zero-order valence-electron chi connectivity index (χ0n) is 7.85. The highest BCUT2D eigenvalue weighted by Gasteiger charge is 2.16. The van der Waals surface area contributed by atoms with Crippen LogP contribution in [0.25, 0.3) is 0 Å². The molecule has 0 fully saturated rings. The predicted molar refractivity (Wildman–Crippen MR) is 52.1 cm³/mol. The second kappa shape index (κ2) is 4.20. The van der Waals surface area contributed by atoms with Gasteiger partial charge in [0, 0.05) is 0 Å². The lowest BCUT2D eigenvalue weighted by Crippen LogP contribution is -2.29. The number of nitrogens with one attached hydrogen (secondary N) is 1. The molecule has 0 radical (unpaired) electrons. The predicted octanol–water partition coefficient (Wildman–Crippen LogP) is 1.37. The highest BCUT2D eigenvalue weighted by molar-refractivity contribution is 5.19. The zero-order valence-corrected chi connectivity index (χ0v) is 7.85. The third-order valence-electron chi connectivity index (χ3n) is 2.04. The Morgan fingerprint density at radius 1 is 1.40 bits per heavy atom. The van der Waals surface area contributed by atoms with E-state index in [-0.39, 0.29) is 11.9 Å². The van der Waals surface area contributed by atoms with E-state index in [1.54, 1.807) is 24.5 Å². The topological polar surface area (TPSA) is 64.1 Å². The zero-order chi connectivity index (χ0) is 10.7. The summed E-state index contributed by atoms with van der Waals surface area (Å²) in [4.78, 5) is 3.93. The Morgan fingerprint density at radius 2 is 2.27 bits per heavy atom. The molecule has 0 aromatic carbocycles. The molecule has 2 rings (SSSR count). The fourth-order valence-corrected chi connectivity index (χ4v) is 1.33. The summed E-state index contributed by atoms with van der Waals surface area (Å²) in [6.07, 6.45) is 2.69. The van der Waals surface area contributed by atoms with E-state index in [2.05, 4.69) is 10.4 Å². The lowest BCUT2D eigenvalue weighted by Gasteiger charge is -2.12. The fraction of sp³-hybridized carbons (Fsp3) is 0.100. The number of furan rings is 1. The maximum atomic E-state index is 12.7. The number of nitrogens with two attached hydrogens (primary N) is 1. The van der Waals surface area contributed by atoms with Crippen molar-refractivity contribution in [2.45, 2.75) is 6.04 Å². The van der Waals surface area contributed by atoms with E-state index in [1.807, 2.05) is 0 Å². The first-order valence-corrected chi connectivity index (χ1v) is 4.42. The van der Waals surface area contributed by atoms with E-state index in [4.69, 9.17) is 10.3 Å². The summed E-state index contributed by atoms with van der Waals surface area (Å²) < 4.78 is 17.9. The largest absolute Gasteiger partial charge is 0.467 e. The molecule has 0 amide bonds. The highest BCUT2D eigenvalue weighted by atomic mass is 19.1. The Hall–Kier alpha value is -1.72. The number of halogens is 1. The summed E-state index contributed by atoms with van der Waals surface area (Å²) in [6.45, 7) is 0. The van der Waals surface area contributed by atoms with Crippen molar-refractivity contribution in [1.29, 1.82) is 0 Å². The van der Waals surface area contributed by atoms with Gasteiger partial charge in [-0.2, -0.15) is 0 Å². The molecule has 0 aliphatic rings. The van der Waals surface area contributed by atoms with Crippen molar-refractivity contribution in [2.75, 3.05) is 0 Å². The molecular formula is C10H10FN3O. The van der Waals surface area contributed by atoms with Crippen LogP contribution in [-0.4, -0.2) is 4.98 Å². The first-order valence-electron chi connectivity index (χ1n) is 4.42. The van der Waals surface area contributed by atoms with Crippen molar-refractivity contribution in [1.82, 2.24) is 10.4 Å². The number of aromatic nitrogens is 1. The Labute approximate surface area is 85.9 Å². The van der Waals surface area contributed by atoms with Gasteiger partial charge in [0.1, 0.15) is 17.6 Å². The molecule has 0 saturated heterocycles. The van der Waals surface area contributed by atoms with Crippen LogP contribution in [0.15, 0.2) is 41.1 Å². The minimum Gasteiger partial charge on any atom is -0.467 e. The molecule has 5 heteroatoms. The maximum absolute atomic E-state index is 12.7.